The highest BCUT2D eigenvalue weighted by Crippen LogP contribution is 2.20. The summed E-state index contributed by atoms with van der Waals surface area (Å²) in [5.41, 5.74) is 1.20. The summed E-state index contributed by atoms with van der Waals surface area (Å²) in [7, 11) is 0. The van der Waals surface area contributed by atoms with Gasteiger partial charge in [0.15, 0.2) is 10.9 Å². The Hall–Kier alpha value is -2.34. The van der Waals surface area contributed by atoms with Crippen molar-refractivity contribution in [3.63, 3.8) is 0 Å². The largest absolute Gasteiger partial charge is 0.359 e. The number of benzene rings is 1. The number of aromatic nitrogens is 3. The van der Waals surface area contributed by atoms with Crippen LogP contribution in [0.5, 0.6) is 0 Å². The maximum Gasteiger partial charge on any atom is 0.262 e. The quantitative estimate of drug-likeness (QED) is 0.398. The summed E-state index contributed by atoms with van der Waals surface area (Å²) < 4.78 is 1.70. The van der Waals surface area contributed by atoms with Crippen molar-refractivity contribution in [2.24, 2.45) is 5.92 Å². The molecule has 5 nitrogen and oxygen atoms in total. The molecule has 0 saturated carbocycles. The molecule has 0 aliphatic rings. The molecule has 130 valence electrons. The van der Waals surface area contributed by atoms with E-state index >= 15 is 0 Å². The molecule has 0 aliphatic heterocycles. The number of carbonyl (C=O) groups excluding carboxylic acids is 1. The summed E-state index contributed by atoms with van der Waals surface area (Å²) in [6.07, 6.45) is 2.61. The first kappa shape index (κ1) is 17.5. The molecule has 0 bridgehead atoms. The van der Waals surface area contributed by atoms with E-state index in [0.29, 0.717) is 34.2 Å². The smallest absolute Gasteiger partial charge is 0.262 e. The fourth-order valence-corrected chi connectivity index (χ4v) is 3.46. The number of thioether (sulfide) groups is 1. The van der Waals surface area contributed by atoms with Crippen molar-refractivity contribution in [1.82, 2.24) is 14.5 Å². The number of rotatable bonds is 7. The molecule has 1 aromatic carbocycles. The molecule has 2 heterocycles. The van der Waals surface area contributed by atoms with E-state index in [9.17, 15) is 9.59 Å². The highest BCUT2D eigenvalue weighted by molar-refractivity contribution is 7.99. The summed E-state index contributed by atoms with van der Waals surface area (Å²) in [4.78, 5) is 32.6. The average molecular weight is 355 g/mol. The SMILES string of the molecule is CC(C)CCn1c(SCC(=O)c2ccc[nH]2)nc2ccccc2c1=O. The molecule has 0 radical (unpaired) electrons. The van der Waals surface area contributed by atoms with E-state index in [1.165, 1.54) is 11.8 Å². The summed E-state index contributed by atoms with van der Waals surface area (Å²) in [5.74, 6) is 0.719. The molecule has 1 N–H and O–H groups in total. The van der Waals surface area contributed by atoms with Gasteiger partial charge in [0.2, 0.25) is 0 Å². The summed E-state index contributed by atoms with van der Waals surface area (Å²) in [5, 5.41) is 1.22. The van der Waals surface area contributed by atoms with E-state index in [4.69, 9.17) is 0 Å². The van der Waals surface area contributed by atoms with E-state index < -0.39 is 0 Å². The van der Waals surface area contributed by atoms with Crippen LogP contribution in [0.25, 0.3) is 10.9 Å². The van der Waals surface area contributed by atoms with Crippen molar-refractivity contribution in [3.8, 4) is 0 Å². The van der Waals surface area contributed by atoms with Gasteiger partial charge >= 0.3 is 0 Å². The molecule has 0 amide bonds. The number of nitrogens with one attached hydrogen (secondary N) is 1. The zero-order valence-electron chi connectivity index (χ0n) is 14.4. The third kappa shape index (κ3) is 4.02. The standard InChI is InChI=1S/C19H21N3O2S/c1-13(2)9-11-22-18(24)14-6-3-4-7-15(14)21-19(22)25-12-17(23)16-8-5-10-20-16/h3-8,10,13,20H,9,11-12H2,1-2H3. The van der Waals surface area contributed by atoms with Crippen LogP contribution in [0.1, 0.15) is 30.8 Å². The van der Waals surface area contributed by atoms with E-state index in [-0.39, 0.29) is 17.1 Å². The molecular formula is C19H21N3O2S. The number of Topliss-reactive ketones (excluding diaryl/α,β-unsaturated/α-hetero) is 1. The Morgan fingerprint density at radius 2 is 2.04 bits per heavy atom. The summed E-state index contributed by atoms with van der Waals surface area (Å²) >= 11 is 1.32. The van der Waals surface area contributed by atoms with Gasteiger partial charge in [-0.25, -0.2) is 4.98 Å². The highest BCUT2D eigenvalue weighted by atomic mass is 32.2. The van der Waals surface area contributed by atoms with Crippen molar-refractivity contribution in [2.75, 3.05) is 5.75 Å². The van der Waals surface area contributed by atoms with Crippen molar-refractivity contribution >= 4 is 28.4 Å². The Labute approximate surface area is 150 Å². The normalized spacial score (nSPS) is 11.3. The van der Waals surface area contributed by atoms with Crippen molar-refractivity contribution in [2.45, 2.75) is 32.0 Å². The van der Waals surface area contributed by atoms with Gasteiger partial charge in [-0.15, -0.1) is 0 Å². The Balaban J connectivity index is 1.92. The Kier molecular flexibility index (Phi) is 5.38. The zero-order valence-corrected chi connectivity index (χ0v) is 15.2. The second kappa shape index (κ2) is 7.70. The summed E-state index contributed by atoms with van der Waals surface area (Å²) in [6, 6.07) is 10.9. The molecule has 0 atom stereocenters. The number of fused-ring (bicyclic) bond motifs is 1. The highest BCUT2D eigenvalue weighted by Gasteiger charge is 2.14. The fraction of sp³-hybridized carbons (Fsp3) is 0.316. The van der Waals surface area contributed by atoms with Crippen LogP contribution in [0, 0.1) is 5.92 Å². The number of aromatic amines is 1. The first-order valence-corrected chi connectivity index (χ1v) is 9.34. The number of para-hydroxylation sites is 1. The van der Waals surface area contributed by atoms with Gasteiger partial charge in [0, 0.05) is 12.7 Å². The molecule has 25 heavy (non-hydrogen) atoms. The maximum atomic E-state index is 12.9. The van der Waals surface area contributed by atoms with E-state index in [1.54, 1.807) is 29.0 Å². The van der Waals surface area contributed by atoms with Gasteiger partial charge in [-0.1, -0.05) is 37.7 Å². The minimum atomic E-state index is -0.0407. The Morgan fingerprint density at radius 1 is 1.24 bits per heavy atom. The van der Waals surface area contributed by atoms with Crippen molar-refractivity contribution in [3.05, 3.63) is 58.6 Å². The number of hydrogen-bond acceptors (Lipinski definition) is 4. The van der Waals surface area contributed by atoms with Crippen LogP contribution in [0.3, 0.4) is 0 Å². The molecule has 3 aromatic rings. The van der Waals surface area contributed by atoms with Gasteiger partial charge in [0.1, 0.15) is 0 Å². The molecule has 2 aromatic heterocycles. The van der Waals surface area contributed by atoms with Crippen LogP contribution >= 0.6 is 11.8 Å². The lowest BCUT2D eigenvalue weighted by atomic mass is 10.1. The van der Waals surface area contributed by atoms with Crippen LogP contribution in [-0.2, 0) is 6.54 Å². The van der Waals surface area contributed by atoms with Gasteiger partial charge < -0.3 is 4.98 Å². The molecule has 0 aliphatic carbocycles. The second-order valence-electron chi connectivity index (χ2n) is 6.35. The number of ketones is 1. The zero-order chi connectivity index (χ0) is 17.8. The van der Waals surface area contributed by atoms with Crippen molar-refractivity contribution in [1.29, 1.82) is 0 Å². The monoisotopic (exact) mass is 355 g/mol. The molecule has 0 spiro atoms. The molecular weight excluding hydrogens is 334 g/mol. The van der Waals surface area contributed by atoms with Gasteiger partial charge in [-0.3, -0.25) is 14.2 Å². The number of H-pyrrole nitrogens is 1. The lowest BCUT2D eigenvalue weighted by Crippen LogP contribution is -2.24. The Bertz CT molecular complexity index is 929. The topological polar surface area (TPSA) is 67.8 Å². The van der Waals surface area contributed by atoms with Crippen LogP contribution in [0.2, 0.25) is 0 Å². The maximum absolute atomic E-state index is 12.9. The van der Waals surface area contributed by atoms with Crippen LogP contribution in [0.15, 0.2) is 52.5 Å². The number of carbonyl (C=O) groups is 1. The van der Waals surface area contributed by atoms with Gasteiger partial charge in [-0.05, 0) is 36.6 Å². The average Bonchev–Trinajstić information content (AvgIpc) is 3.13. The lowest BCUT2D eigenvalue weighted by molar-refractivity contribution is 0.101. The van der Waals surface area contributed by atoms with E-state index in [1.807, 2.05) is 18.2 Å². The lowest BCUT2D eigenvalue weighted by Gasteiger charge is -2.14. The molecule has 6 heteroatoms. The third-order valence-corrected chi connectivity index (χ3v) is 4.96. The Morgan fingerprint density at radius 3 is 2.76 bits per heavy atom. The van der Waals surface area contributed by atoms with E-state index in [0.717, 1.165) is 6.42 Å². The first-order valence-electron chi connectivity index (χ1n) is 8.35. The predicted octanol–water partition coefficient (Wildman–Crippen LogP) is 3.75. The number of hydrogen-bond donors (Lipinski definition) is 1. The van der Waals surface area contributed by atoms with E-state index in [2.05, 4.69) is 23.8 Å². The number of nitrogens with zero attached hydrogens (tertiary/aromatic N) is 2. The minimum Gasteiger partial charge on any atom is -0.359 e. The van der Waals surface area contributed by atoms with Crippen LogP contribution in [0.4, 0.5) is 0 Å². The van der Waals surface area contributed by atoms with Gasteiger partial charge in [0.25, 0.3) is 5.56 Å². The van der Waals surface area contributed by atoms with Crippen LogP contribution < -0.4 is 5.56 Å². The molecule has 3 rings (SSSR count). The first-order chi connectivity index (χ1) is 12.1. The predicted molar refractivity (Wildman–Crippen MR) is 101 cm³/mol. The van der Waals surface area contributed by atoms with Crippen molar-refractivity contribution < 1.29 is 4.79 Å². The van der Waals surface area contributed by atoms with Gasteiger partial charge in [-0.2, -0.15) is 0 Å². The van der Waals surface area contributed by atoms with Gasteiger partial charge in [0.05, 0.1) is 22.3 Å². The molecule has 0 fully saturated rings. The third-order valence-electron chi connectivity index (χ3n) is 3.99. The molecule has 0 saturated heterocycles. The molecule has 0 unspecified atom stereocenters. The minimum absolute atomic E-state index is 0.00665. The fourth-order valence-electron chi connectivity index (χ4n) is 2.55. The summed E-state index contributed by atoms with van der Waals surface area (Å²) in [6.45, 7) is 4.86. The second-order valence-corrected chi connectivity index (χ2v) is 7.29. The van der Waals surface area contributed by atoms with Crippen LogP contribution in [-0.4, -0.2) is 26.1 Å².